The lowest BCUT2D eigenvalue weighted by Crippen LogP contribution is -1.99. The first-order chi connectivity index (χ1) is 9.98. The Kier molecular flexibility index (Phi) is 5.00. The summed E-state index contributed by atoms with van der Waals surface area (Å²) in [7, 11) is -4.14. The number of fused-ring (bicyclic) bond motifs is 1. The molecule has 3 aromatic rings. The largest absolute Gasteiger partial charge is 0.297 e. The molecule has 2 heterocycles. The fraction of sp³-hybridized carbons (Fsp3) is 0. The van der Waals surface area contributed by atoms with Gasteiger partial charge >= 0.3 is 0 Å². The van der Waals surface area contributed by atoms with E-state index >= 15 is 0 Å². The van der Waals surface area contributed by atoms with Crippen LogP contribution in [0.4, 0.5) is 0 Å². The van der Waals surface area contributed by atoms with Gasteiger partial charge in [0.2, 0.25) is 0 Å². The van der Waals surface area contributed by atoms with Crippen LogP contribution in [0.15, 0.2) is 70.4 Å². The minimum atomic E-state index is -4.14. The van der Waals surface area contributed by atoms with Crippen molar-refractivity contribution in [2.24, 2.45) is 0 Å². The maximum Gasteiger partial charge on any atom is 0.297 e. The molecule has 2 aromatic heterocycles. The summed E-state index contributed by atoms with van der Waals surface area (Å²) in [4.78, 5) is 7.58. The van der Waals surface area contributed by atoms with Crippen LogP contribution in [0, 0.1) is 0 Å². The van der Waals surface area contributed by atoms with Crippen molar-refractivity contribution in [3.63, 3.8) is 0 Å². The van der Waals surface area contributed by atoms with E-state index in [-0.39, 0.29) is 9.50 Å². The number of nitrogens with zero attached hydrogens (tertiary/aromatic N) is 2. The molecule has 3 rings (SSSR count). The Hall–Kier alpha value is -1.83. The predicted octanol–water partition coefficient (Wildman–Crippen LogP) is 3.33. The summed E-state index contributed by atoms with van der Waals surface area (Å²) >= 11 is 2.88. The first-order valence-electron chi connectivity index (χ1n) is 5.86. The molecule has 0 radical (unpaired) electrons. The number of aromatic nitrogens is 2. The third-order valence-corrected chi connectivity index (χ3v) is 4.29. The van der Waals surface area contributed by atoms with Gasteiger partial charge in [0.15, 0.2) is 0 Å². The van der Waals surface area contributed by atoms with Gasteiger partial charge in [0.1, 0.15) is 9.50 Å². The van der Waals surface area contributed by atoms with Gasteiger partial charge in [-0.25, -0.2) is 4.98 Å². The smallest absolute Gasteiger partial charge is 0.282 e. The molecule has 0 amide bonds. The highest BCUT2D eigenvalue weighted by Gasteiger charge is 2.13. The molecule has 0 aliphatic carbocycles. The molecule has 0 saturated heterocycles. The van der Waals surface area contributed by atoms with Gasteiger partial charge in [0, 0.05) is 17.8 Å². The molecule has 0 atom stereocenters. The van der Waals surface area contributed by atoms with E-state index in [0.29, 0.717) is 0 Å². The van der Waals surface area contributed by atoms with Gasteiger partial charge in [-0.3, -0.25) is 9.54 Å². The zero-order valence-corrected chi connectivity index (χ0v) is 13.1. The monoisotopic (exact) mass is 366 g/mol. The number of rotatable bonds is 1. The van der Waals surface area contributed by atoms with Gasteiger partial charge < -0.3 is 0 Å². The fourth-order valence-electron chi connectivity index (χ4n) is 1.58. The Labute approximate surface area is 130 Å². The highest BCUT2D eigenvalue weighted by atomic mass is 79.9. The second-order valence-corrected chi connectivity index (χ2v) is 6.10. The average Bonchev–Trinajstić information content (AvgIpc) is 2.47. The Balaban J connectivity index is 0.000000154. The molecule has 0 fully saturated rings. The van der Waals surface area contributed by atoms with Crippen LogP contribution in [-0.2, 0) is 10.1 Å². The molecule has 0 unspecified atom stereocenters. The Morgan fingerprint density at radius 1 is 0.905 bits per heavy atom. The lowest BCUT2D eigenvalue weighted by molar-refractivity contribution is 0.482. The van der Waals surface area contributed by atoms with Gasteiger partial charge in [0.05, 0.1) is 5.52 Å². The third kappa shape index (κ3) is 4.32. The van der Waals surface area contributed by atoms with Crippen LogP contribution in [-0.4, -0.2) is 22.9 Å². The molecule has 0 aliphatic rings. The molecule has 0 bridgehead atoms. The van der Waals surface area contributed by atoms with Crippen molar-refractivity contribution >= 4 is 37.0 Å². The van der Waals surface area contributed by atoms with Crippen LogP contribution in [0.5, 0.6) is 0 Å². The van der Waals surface area contributed by atoms with E-state index in [1.54, 1.807) is 0 Å². The van der Waals surface area contributed by atoms with Gasteiger partial charge in [0.25, 0.3) is 10.1 Å². The molecule has 1 aromatic carbocycles. The summed E-state index contributed by atoms with van der Waals surface area (Å²) in [5.41, 5.74) is 1.06. The third-order valence-electron chi connectivity index (χ3n) is 2.52. The predicted molar refractivity (Wildman–Crippen MR) is 83.5 cm³/mol. The SMILES string of the molecule is O=S(=O)(O)c1cccnc1Br.c1ccc2ncccc2c1. The highest BCUT2D eigenvalue weighted by Crippen LogP contribution is 2.17. The Morgan fingerprint density at radius 3 is 2.14 bits per heavy atom. The number of benzene rings is 1. The molecule has 0 spiro atoms. The minimum Gasteiger partial charge on any atom is -0.282 e. The maximum absolute atomic E-state index is 10.5. The molecule has 7 heteroatoms. The molecule has 1 N–H and O–H groups in total. The van der Waals surface area contributed by atoms with Crippen molar-refractivity contribution in [3.05, 3.63) is 65.5 Å². The second kappa shape index (κ2) is 6.75. The zero-order chi connectivity index (χ0) is 15.3. The van der Waals surface area contributed by atoms with Crippen LogP contribution in [0.25, 0.3) is 10.9 Å². The standard InChI is InChI=1S/C9H7N.C5H4BrNO3S/c1-2-6-9-8(4-1)5-3-7-10-9;6-5-4(11(8,9)10)2-1-3-7-5/h1-7H;1-3H,(H,8,9,10). The van der Waals surface area contributed by atoms with Crippen LogP contribution in [0.1, 0.15) is 0 Å². The number of hydrogen-bond donors (Lipinski definition) is 1. The normalized spacial score (nSPS) is 10.8. The van der Waals surface area contributed by atoms with Gasteiger partial charge in [-0.2, -0.15) is 8.42 Å². The molecular formula is C14H11BrN2O3S. The first-order valence-corrected chi connectivity index (χ1v) is 8.09. The minimum absolute atomic E-state index is 0.113. The van der Waals surface area contributed by atoms with E-state index in [1.807, 2.05) is 30.5 Å². The Bertz CT molecular complexity index is 788. The maximum atomic E-state index is 10.5. The Morgan fingerprint density at radius 2 is 1.52 bits per heavy atom. The molecule has 0 aliphatic heterocycles. The second-order valence-electron chi connectivity index (χ2n) is 3.96. The summed E-state index contributed by atoms with van der Waals surface area (Å²) in [5, 5.41) is 1.20. The molecule has 108 valence electrons. The molecular weight excluding hydrogens is 356 g/mol. The van der Waals surface area contributed by atoms with Crippen molar-refractivity contribution in [3.8, 4) is 0 Å². The zero-order valence-electron chi connectivity index (χ0n) is 10.7. The number of halogens is 1. The first kappa shape index (κ1) is 15.6. The van der Waals surface area contributed by atoms with Gasteiger partial charge in [-0.1, -0.05) is 24.3 Å². The van der Waals surface area contributed by atoms with Crippen LogP contribution >= 0.6 is 15.9 Å². The van der Waals surface area contributed by atoms with E-state index in [9.17, 15) is 8.42 Å². The summed E-state index contributed by atoms with van der Waals surface area (Å²) in [6.07, 6.45) is 3.22. The summed E-state index contributed by atoms with van der Waals surface area (Å²) in [6, 6.07) is 14.8. The summed E-state index contributed by atoms with van der Waals surface area (Å²) in [6.45, 7) is 0. The quantitative estimate of drug-likeness (QED) is 0.527. The summed E-state index contributed by atoms with van der Waals surface area (Å²) < 4.78 is 29.8. The molecule has 5 nitrogen and oxygen atoms in total. The van der Waals surface area contributed by atoms with Crippen molar-refractivity contribution < 1.29 is 13.0 Å². The summed E-state index contributed by atoms with van der Waals surface area (Å²) in [5.74, 6) is 0. The van der Waals surface area contributed by atoms with E-state index in [0.717, 1.165) is 5.52 Å². The van der Waals surface area contributed by atoms with E-state index in [1.165, 1.54) is 23.7 Å². The number of para-hydroxylation sites is 1. The molecule has 0 saturated carbocycles. The van der Waals surface area contributed by atoms with Crippen molar-refractivity contribution in [2.45, 2.75) is 4.90 Å². The number of hydrogen-bond acceptors (Lipinski definition) is 4. The van der Waals surface area contributed by atoms with Gasteiger partial charge in [-0.05, 0) is 40.2 Å². The van der Waals surface area contributed by atoms with Crippen LogP contribution in [0.3, 0.4) is 0 Å². The van der Waals surface area contributed by atoms with Crippen molar-refractivity contribution in [2.75, 3.05) is 0 Å². The lowest BCUT2D eigenvalue weighted by atomic mass is 10.2. The van der Waals surface area contributed by atoms with E-state index in [4.69, 9.17) is 4.55 Å². The van der Waals surface area contributed by atoms with Crippen LogP contribution in [0.2, 0.25) is 0 Å². The van der Waals surface area contributed by atoms with Gasteiger partial charge in [-0.15, -0.1) is 0 Å². The number of pyridine rings is 2. The molecule has 21 heavy (non-hydrogen) atoms. The topological polar surface area (TPSA) is 80.2 Å². The van der Waals surface area contributed by atoms with E-state index < -0.39 is 10.1 Å². The van der Waals surface area contributed by atoms with Crippen LogP contribution < -0.4 is 0 Å². The van der Waals surface area contributed by atoms with Crippen molar-refractivity contribution in [1.82, 2.24) is 9.97 Å². The lowest BCUT2D eigenvalue weighted by Gasteiger charge is -1.96. The highest BCUT2D eigenvalue weighted by molar-refractivity contribution is 9.10. The fourth-order valence-corrected chi connectivity index (χ4v) is 2.96. The van der Waals surface area contributed by atoms with Crippen molar-refractivity contribution in [1.29, 1.82) is 0 Å². The van der Waals surface area contributed by atoms with E-state index in [2.05, 4.69) is 38.0 Å². The average molecular weight is 367 g/mol.